The Morgan fingerprint density at radius 3 is 1.83 bits per heavy atom. The molecular weight excluding hydrogens is 360 g/mol. The molecule has 0 N–H and O–H groups in total. The molecule has 0 aliphatic heterocycles. The van der Waals surface area contributed by atoms with Crippen LogP contribution in [0.4, 0.5) is 0 Å². The molecule has 0 radical (unpaired) electrons. The van der Waals surface area contributed by atoms with E-state index in [4.69, 9.17) is 0 Å². The standard InChI is InChI=1S/2C15H26/c2*1-12(2)8-5-6-9-14-10-7-11-15(14)13(3)4/h10-13H,5-9H2,1-4H3;7,10,12-13H,5-6,8-9,11H2,1-4H3. The Balaban J connectivity index is 0.000000300. The van der Waals surface area contributed by atoms with Crippen LogP contribution >= 0.6 is 0 Å². The summed E-state index contributed by atoms with van der Waals surface area (Å²) in [4.78, 5) is 0. The molecule has 0 aromatic heterocycles. The maximum Gasteiger partial charge on any atom is -0.0127 e. The summed E-state index contributed by atoms with van der Waals surface area (Å²) in [6, 6.07) is 0. The van der Waals surface area contributed by atoms with Crippen molar-refractivity contribution in [2.75, 3.05) is 0 Å². The smallest absolute Gasteiger partial charge is 0.0127 e. The highest BCUT2D eigenvalue weighted by atomic mass is 14.2. The fraction of sp³-hybridized carbons (Fsp3) is 0.733. The van der Waals surface area contributed by atoms with Crippen molar-refractivity contribution in [3.8, 4) is 0 Å². The molecule has 0 aromatic carbocycles. The van der Waals surface area contributed by atoms with Crippen LogP contribution in [-0.4, -0.2) is 0 Å². The van der Waals surface area contributed by atoms with E-state index < -0.39 is 0 Å². The third-order valence-corrected chi connectivity index (χ3v) is 6.42. The van der Waals surface area contributed by atoms with Crippen LogP contribution in [0, 0.1) is 23.7 Å². The minimum absolute atomic E-state index is 0.712. The molecule has 2 rings (SSSR count). The molecule has 0 atom stereocenters. The number of hydrogen-bond donors (Lipinski definition) is 0. The van der Waals surface area contributed by atoms with Gasteiger partial charge in [-0.25, -0.2) is 0 Å². The summed E-state index contributed by atoms with van der Waals surface area (Å²) >= 11 is 0. The lowest BCUT2D eigenvalue weighted by Crippen LogP contribution is -1.96. The summed E-state index contributed by atoms with van der Waals surface area (Å²) in [5, 5.41) is 0. The number of rotatable bonds is 12. The van der Waals surface area contributed by atoms with E-state index in [-0.39, 0.29) is 0 Å². The highest BCUT2D eigenvalue weighted by Gasteiger charge is 2.13. The zero-order valence-electron chi connectivity index (χ0n) is 21.7. The van der Waals surface area contributed by atoms with Gasteiger partial charge >= 0.3 is 0 Å². The Hall–Kier alpha value is -1.04. The zero-order valence-corrected chi connectivity index (χ0v) is 21.7. The average Bonchev–Trinajstić information content (AvgIpc) is 3.32. The van der Waals surface area contributed by atoms with Crippen molar-refractivity contribution in [2.45, 2.75) is 120 Å². The lowest BCUT2D eigenvalue weighted by atomic mass is 9.93. The molecule has 0 saturated carbocycles. The van der Waals surface area contributed by atoms with Gasteiger partial charge in [0.2, 0.25) is 0 Å². The van der Waals surface area contributed by atoms with Crippen LogP contribution in [0.3, 0.4) is 0 Å². The fourth-order valence-electron chi connectivity index (χ4n) is 4.58. The SMILES string of the molecule is CC(C)CCCCC1=C(C(C)C)CC=C1.CC(C)CCCCC1=CCC=C1C(C)C. The molecule has 0 nitrogen and oxygen atoms in total. The molecule has 0 aromatic rings. The third kappa shape index (κ3) is 10.8. The van der Waals surface area contributed by atoms with Gasteiger partial charge in [0.15, 0.2) is 0 Å². The van der Waals surface area contributed by atoms with Gasteiger partial charge in [0.25, 0.3) is 0 Å². The van der Waals surface area contributed by atoms with Crippen molar-refractivity contribution in [3.63, 3.8) is 0 Å². The molecule has 172 valence electrons. The molecule has 0 heteroatoms. The van der Waals surface area contributed by atoms with Crippen LogP contribution < -0.4 is 0 Å². The Bertz CT molecular complexity index is 590. The fourth-order valence-corrected chi connectivity index (χ4v) is 4.58. The lowest BCUT2D eigenvalue weighted by molar-refractivity contribution is 0.537. The van der Waals surface area contributed by atoms with Crippen LogP contribution in [0.25, 0.3) is 0 Å². The number of unbranched alkanes of at least 4 members (excludes halogenated alkanes) is 2. The minimum atomic E-state index is 0.712. The second-order valence-corrected chi connectivity index (χ2v) is 10.9. The molecule has 2 aliphatic rings. The molecular formula is C30H52. The first kappa shape index (κ1) is 27.0. The van der Waals surface area contributed by atoms with Crippen molar-refractivity contribution in [2.24, 2.45) is 23.7 Å². The highest BCUT2D eigenvalue weighted by molar-refractivity contribution is 5.38. The van der Waals surface area contributed by atoms with E-state index in [0.29, 0.717) is 5.92 Å². The van der Waals surface area contributed by atoms with Gasteiger partial charge in [0.05, 0.1) is 0 Å². The third-order valence-electron chi connectivity index (χ3n) is 6.42. The van der Waals surface area contributed by atoms with Crippen LogP contribution in [0.2, 0.25) is 0 Å². The predicted octanol–water partition coefficient (Wildman–Crippen LogP) is 10.2. The van der Waals surface area contributed by atoms with E-state index in [0.717, 1.165) is 17.8 Å². The van der Waals surface area contributed by atoms with Gasteiger partial charge in [-0.1, -0.05) is 111 Å². The normalized spacial score (nSPS) is 16.1. The van der Waals surface area contributed by atoms with Crippen LogP contribution in [0.5, 0.6) is 0 Å². The van der Waals surface area contributed by atoms with E-state index in [1.807, 2.05) is 0 Å². The molecule has 0 spiro atoms. The van der Waals surface area contributed by atoms with Crippen LogP contribution in [0.1, 0.15) is 120 Å². The summed E-state index contributed by atoms with van der Waals surface area (Å²) in [6.45, 7) is 18.5. The molecule has 0 unspecified atom stereocenters. The first-order valence-electron chi connectivity index (χ1n) is 13.0. The van der Waals surface area contributed by atoms with Gasteiger partial charge in [0.1, 0.15) is 0 Å². The molecule has 2 aliphatic carbocycles. The Morgan fingerprint density at radius 1 is 0.700 bits per heavy atom. The molecule has 0 fully saturated rings. The first-order valence-corrected chi connectivity index (χ1v) is 13.0. The zero-order chi connectivity index (χ0) is 22.5. The Labute approximate surface area is 190 Å². The number of hydrogen-bond acceptors (Lipinski definition) is 0. The largest absolute Gasteiger partial charge is 0.0802 e. The van der Waals surface area contributed by atoms with E-state index in [1.165, 1.54) is 64.2 Å². The van der Waals surface area contributed by atoms with E-state index in [9.17, 15) is 0 Å². The maximum absolute atomic E-state index is 2.42. The maximum atomic E-state index is 2.42. The van der Waals surface area contributed by atoms with E-state index in [2.05, 4.69) is 79.7 Å². The molecule has 0 amide bonds. The van der Waals surface area contributed by atoms with Gasteiger partial charge in [-0.2, -0.15) is 0 Å². The van der Waals surface area contributed by atoms with Crippen molar-refractivity contribution in [3.05, 3.63) is 46.6 Å². The second-order valence-electron chi connectivity index (χ2n) is 10.9. The first-order chi connectivity index (χ1) is 14.2. The topological polar surface area (TPSA) is 0 Å². The summed E-state index contributed by atoms with van der Waals surface area (Å²) in [7, 11) is 0. The van der Waals surface area contributed by atoms with E-state index in [1.54, 1.807) is 22.3 Å². The van der Waals surface area contributed by atoms with Crippen molar-refractivity contribution in [1.29, 1.82) is 0 Å². The van der Waals surface area contributed by atoms with Gasteiger partial charge in [-0.05, 0) is 78.9 Å². The summed E-state index contributed by atoms with van der Waals surface area (Å²) in [6.07, 6.45) is 22.8. The van der Waals surface area contributed by atoms with Gasteiger partial charge in [-0.3, -0.25) is 0 Å². The van der Waals surface area contributed by atoms with Gasteiger partial charge in [0, 0.05) is 0 Å². The lowest BCUT2D eigenvalue weighted by Gasteiger charge is -2.12. The van der Waals surface area contributed by atoms with Crippen molar-refractivity contribution >= 4 is 0 Å². The molecule has 30 heavy (non-hydrogen) atoms. The predicted molar refractivity (Wildman–Crippen MR) is 138 cm³/mol. The van der Waals surface area contributed by atoms with Crippen molar-refractivity contribution < 1.29 is 0 Å². The number of allylic oxidation sites excluding steroid dienone is 8. The summed E-state index contributed by atoms with van der Waals surface area (Å²) in [5.41, 5.74) is 6.56. The van der Waals surface area contributed by atoms with Crippen LogP contribution in [0.15, 0.2) is 46.6 Å². The highest BCUT2D eigenvalue weighted by Crippen LogP contribution is 2.30. The van der Waals surface area contributed by atoms with Gasteiger partial charge in [-0.15, -0.1) is 0 Å². The summed E-state index contributed by atoms with van der Waals surface area (Å²) in [5.74, 6) is 3.18. The molecule has 0 saturated heterocycles. The summed E-state index contributed by atoms with van der Waals surface area (Å²) < 4.78 is 0. The molecule has 0 heterocycles. The second kappa shape index (κ2) is 14.9. The Morgan fingerprint density at radius 2 is 1.30 bits per heavy atom. The quantitative estimate of drug-likeness (QED) is 0.280. The monoisotopic (exact) mass is 412 g/mol. The molecule has 0 bridgehead atoms. The average molecular weight is 413 g/mol. The Kier molecular flexibility index (Phi) is 13.4. The van der Waals surface area contributed by atoms with Crippen molar-refractivity contribution in [1.82, 2.24) is 0 Å². The van der Waals surface area contributed by atoms with E-state index >= 15 is 0 Å². The van der Waals surface area contributed by atoms with Gasteiger partial charge < -0.3 is 0 Å². The van der Waals surface area contributed by atoms with Crippen LogP contribution in [-0.2, 0) is 0 Å². The minimum Gasteiger partial charge on any atom is -0.0802 e.